The molecular weight excluding hydrogens is 425 g/mol. The second-order valence-electron chi connectivity index (χ2n) is 8.46. The minimum atomic E-state index is -0.997. The fourth-order valence-corrected chi connectivity index (χ4v) is 4.06. The molecule has 1 aromatic carbocycles. The zero-order valence-electron chi connectivity index (χ0n) is 18.4. The number of nitrogens with zero attached hydrogens (tertiary/aromatic N) is 6. The van der Waals surface area contributed by atoms with Crippen LogP contribution in [0.5, 0.6) is 0 Å². The molecule has 0 bridgehead atoms. The highest BCUT2D eigenvalue weighted by molar-refractivity contribution is 5.99. The Labute approximate surface area is 188 Å². The van der Waals surface area contributed by atoms with Crippen LogP contribution in [0.1, 0.15) is 24.3 Å². The lowest BCUT2D eigenvalue weighted by Crippen LogP contribution is -2.63. The van der Waals surface area contributed by atoms with E-state index in [9.17, 15) is 14.0 Å². The van der Waals surface area contributed by atoms with E-state index in [0.717, 1.165) is 16.8 Å². The Balaban J connectivity index is 1.66. The molecule has 168 valence electrons. The standard InChI is InChI=1S/C23H22FN7O2/c1-23(2)22(33)25-10-11-30(23)21(32)18-13-31-20(27-18)16(19-8-9-26-29(19)3)12-17(28-31)14-4-6-15(24)7-5-14/h4-9,12-13H,10-11H2,1-3H3,(H,25,33). The largest absolute Gasteiger partial charge is 0.352 e. The molecule has 1 saturated heterocycles. The number of aromatic nitrogens is 5. The van der Waals surface area contributed by atoms with Gasteiger partial charge in [0.2, 0.25) is 5.91 Å². The van der Waals surface area contributed by atoms with Gasteiger partial charge in [-0.1, -0.05) is 0 Å². The summed E-state index contributed by atoms with van der Waals surface area (Å²) in [5.41, 5.74) is 2.48. The first kappa shape index (κ1) is 20.8. The van der Waals surface area contributed by atoms with Crippen molar-refractivity contribution in [1.82, 2.24) is 34.6 Å². The Morgan fingerprint density at radius 1 is 1.18 bits per heavy atom. The number of amides is 2. The highest BCUT2D eigenvalue weighted by Crippen LogP contribution is 2.29. The van der Waals surface area contributed by atoms with Crippen LogP contribution < -0.4 is 5.32 Å². The molecule has 4 aromatic rings. The maximum atomic E-state index is 13.5. The summed E-state index contributed by atoms with van der Waals surface area (Å²) in [6.45, 7) is 4.19. The van der Waals surface area contributed by atoms with Crippen LogP contribution in [0.3, 0.4) is 0 Å². The van der Waals surface area contributed by atoms with Crippen molar-refractivity contribution in [3.63, 3.8) is 0 Å². The Morgan fingerprint density at radius 3 is 2.64 bits per heavy atom. The van der Waals surface area contributed by atoms with Crippen LogP contribution in [0, 0.1) is 5.82 Å². The van der Waals surface area contributed by atoms with Gasteiger partial charge in [0.05, 0.1) is 17.6 Å². The number of benzene rings is 1. The van der Waals surface area contributed by atoms with Gasteiger partial charge in [-0.25, -0.2) is 13.9 Å². The minimum Gasteiger partial charge on any atom is -0.352 e. The fourth-order valence-electron chi connectivity index (χ4n) is 4.06. The predicted molar refractivity (Wildman–Crippen MR) is 119 cm³/mol. The van der Waals surface area contributed by atoms with Crippen molar-refractivity contribution < 1.29 is 14.0 Å². The molecule has 0 aliphatic carbocycles. The highest BCUT2D eigenvalue weighted by Gasteiger charge is 2.41. The van der Waals surface area contributed by atoms with E-state index in [0.29, 0.717) is 24.4 Å². The molecular formula is C23H22FN7O2. The molecule has 0 saturated carbocycles. The van der Waals surface area contributed by atoms with Gasteiger partial charge in [-0.3, -0.25) is 14.3 Å². The average Bonchev–Trinajstić information content (AvgIpc) is 3.41. The second kappa shape index (κ2) is 7.51. The van der Waals surface area contributed by atoms with Crippen LogP contribution >= 0.6 is 0 Å². The predicted octanol–water partition coefficient (Wildman–Crippen LogP) is 2.29. The van der Waals surface area contributed by atoms with Gasteiger partial charge in [0, 0.05) is 37.5 Å². The number of hydrogen-bond acceptors (Lipinski definition) is 5. The molecule has 1 aliphatic heterocycles. The summed E-state index contributed by atoms with van der Waals surface area (Å²) in [6, 6.07) is 9.73. The molecule has 2 amide bonds. The van der Waals surface area contributed by atoms with Crippen molar-refractivity contribution >= 4 is 17.5 Å². The van der Waals surface area contributed by atoms with Crippen LogP contribution in [-0.4, -0.2) is 59.7 Å². The molecule has 10 heteroatoms. The van der Waals surface area contributed by atoms with E-state index in [2.05, 4.69) is 20.5 Å². The van der Waals surface area contributed by atoms with Crippen LogP contribution in [0.4, 0.5) is 4.39 Å². The van der Waals surface area contributed by atoms with Crippen molar-refractivity contribution in [1.29, 1.82) is 0 Å². The molecule has 5 rings (SSSR count). The zero-order valence-corrected chi connectivity index (χ0v) is 18.4. The van der Waals surface area contributed by atoms with Crippen molar-refractivity contribution in [2.45, 2.75) is 19.4 Å². The van der Waals surface area contributed by atoms with E-state index in [1.54, 1.807) is 47.6 Å². The van der Waals surface area contributed by atoms with E-state index in [1.165, 1.54) is 17.0 Å². The second-order valence-corrected chi connectivity index (χ2v) is 8.46. The Hall–Kier alpha value is -4.08. The quantitative estimate of drug-likeness (QED) is 0.520. The van der Waals surface area contributed by atoms with E-state index in [1.807, 2.05) is 19.2 Å². The monoisotopic (exact) mass is 447 g/mol. The summed E-state index contributed by atoms with van der Waals surface area (Å²) < 4.78 is 16.7. The number of fused-ring (bicyclic) bond motifs is 1. The molecule has 0 atom stereocenters. The summed E-state index contributed by atoms with van der Waals surface area (Å²) in [7, 11) is 1.81. The topological polar surface area (TPSA) is 97.4 Å². The molecule has 0 spiro atoms. The van der Waals surface area contributed by atoms with Crippen molar-refractivity contribution in [2.75, 3.05) is 13.1 Å². The zero-order chi connectivity index (χ0) is 23.3. The van der Waals surface area contributed by atoms with Crippen LogP contribution in [0.25, 0.3) is 28.2 Å². The molecule has 0 unspecified atom stereocenters. The molecule has 4 heterocycles. The van der Waals surface area contributed by atoms with Gasteiger partial charge in [-0.15, -0.1) is 0 Å². The van der Waals surface area contributed by atoms with Crippen molar-refractivity contribution in [2.24, 2.45) is 7.05 Å². The van der Waals surface area contributed by atoms with E-state index < -0.39 is 5.54 Å². The van der Waals surface area contributed by atoms with Crippen LogP contribution in [-0.2, 0) is 11.8 Å². The number of imidazole rings is 1. The molecule has 9 nitrogen and oxygen atoms in total. The van der Waals surface area contributed by atoms with Gasteiger partial charge in [0.1, 0.15) is 17.1 Å². The molecule has 33 heavy (non-hydrogen) atoms. The number of carbonyl (C=O) groups is 2. The van der Waals surface area contributed by atoms with Crippen molar-refractivity contribution in [3.8, 4) is 22.5 Å². The third kappa shape index (κ3) is 3.43. The van der Waals surface area contributed by atoms with E-state index in [4.69, 9.17) is 0 Å². The van der Waals surface area contributed by atoms with Crippen LogP contribution in [0.2, 0.25) is 0 Å². The third-order valence-corrected chi connectivity index (χ3v) is 5.98. The smallest absolute Gasteiger partial charge is 0.275 e. The lowest BCUT2D eigenvalue weighted by molar-refractivity contribution is -0.133. The van der Waals surface area contributed by atoms with Crippen LogP contribution in [0.15, 0.2) is 48.8 Å². The summed E-state index contributed by atoms with van der Waals surface area (Å²) >= 11 is 0. The number of piperazine rings is 1. The van der Waals surface area contributed by atoms with Gasteiger partial charge in [-0.2, -0.15) is 10.2 Å². The molecule has 1 fully saturated rings. The third-order valence-electron chi connectivity index (χ3n) is 5.98. The highest BCUT2D eigenvalue weighted by atomic mass is 19.1. The Kier molecular flexibility index (Phi) is 4.73. The first-order valence-corrected chi connectivity index (χ1v) is 10.5. The molecule has 0 radical (unpaired) electrons. The maximum Gasteiger partial charge on any atom is 0.275 e. The first-order chi connectivity index (χ1) is 15.8. The van der Waals surface area contributed by atoms with Gasteiger partial charge >= 0.3 is 0 Å². The average molecular weight is 447 g/mol. The number of hydrogen-bond donors (Lipinski definition) is 1. The van der Waals surface area contributed by atoms with Gasteiger partial charge < -0.3 is 10.2 Å². The van der Waals surface area contributed by atoms with E-state index >= 15 is 0 Å². The normalized spacial score (nSPS) is 15.6. The number of carbonyl (C=O) groups excluding carboxylic acids is 2. The number of halogens is 1. The van der Waals surface area contributed by atoms with E-state index in [-0.39, 0.29) is 23.3 Å². The number of rotatable bonds is 3. The maximum absolute atomic E-state index is 13.5. The summed E-state index contributed by atoms with van der Waals surface area (Å²) in [4.78, 5) is 31.8. The van der Waals surface area contributed by atoms with Crippen molar-refractivity contribution in [3.05, 3.63) is 60.3 Å². The summed E-state index contributed by atoms with van der Waals surface area (Å²) in [5, 5.41) is 11.7. The summed E-state index contributed by atoms with van der Waals surface area (Å²) in [5.74, 6) is -0.895. The lowest BCUT2D eigenvalue weighted by Gasteiger charge is -2.40. The van der Waals surface area contributed by atoms with Gasteiger partial charge in [0.15, 0.2) is 5.65 Å². The number of nitrogens with one attached hydrogen (secondary N) is 1. The fraction of sp³-hybridized carbons (Fsp3) is 0.261. The first-order valence-electron chi connectivity index (χ1n) is 10.5. The Morgan fingerprint density at radius 2 is 1.94 bits per heavy atom. The summed E-state index contributed by atoms with van der Waals surface area (Å²) in [6.07, 6.45) is 3.24. The lowest BCUT2D eigenvalue weighted by atomic mass is 9.98. The van der Waals surface area contributed by atoms with Gasteiger partial charge in [-0.05, 0) is 50.2 Å². The minimum absolute atomic E-state index is 0.185. The SMILES string of the molecule is Cn1nccc1-c1cc(-c2ccc(F)cc2)nn2cc(C(=O)N3CCNC(=O)C3(C)C)nc12. The Bertz CT molecular complexity index is 1390. The number of aryl methyl sites for hydroxylation is 1. The molecule has 1 aliphatic rings. The molecule has 1 N–H and O–H groups in total. The molecule has 3 aromatic heterocycles. The van der Waals surface area contributed by atoms with Gasteiger partial charge in [0.25, 0.3) is 5.91 Å².